The van der Waals surface area contributed by atoms with Crippen LogP contribution >= 0.6 is 0 Å². The Balaban J connectivity index is 2.08. The first-order chi connectivity index (χ1) is 9.16. The van der Waals surface area contributed by atoms with Gasteiger partial charge in [-0.2, -0.15) is 0 Å². The van der Waals surface area contributed by atoms with E-state index in [1.165, 1.54) is 5.56 Å². The number of aryl methyl sites for hydroxylation is 1. The van der Waals surface area contributed by atoms with E-state index >= 15 is 0 Å². The lowest BCUT2D eigenvalue weighted by Crippen LogP contribution is -2.24. The summed E-state index contributed by atoms with van der Waals surface area (Å²) in [5, 5.41) is 5.54. The lowest BCUT2D eigenvalue weighted by Gasteiger charge is -2.17. The van der Waals surface area contributed by atoms with Crippen molar-refractivity contribution in [1.29, 1.82) is 0 Å². The van der Waals surface area contributed by atoms with Crippen LogP contribution < -0.4 is 10.9 Å². The molecule has 3 nitrogen and oxygen atoms in total. The summed E-state index contributed by atoms with van der Waals surface area (Å²) in [7, 11) is 0. The molecule has 0 spiro atoms. The molecule has 1 aliphatic carbocycles. The molecule has 2 N–H and O–H groups in total. The Morgan fingerprint density at radius 1 is 1.32 bits per heavy atom. The largest absolute Gasteiger partial charge is 0.325 e. The summed E-state index contributed by atoms with van der Waals surface area (Å²) in [6.45, 7) is 5.44. The van der Waals surface area contributed by atoms with Gasteiger partial charge in [0.25, 0.3) is 5.56 Å². The zero-order chi connectivity index (χ0) is 13.4. The monoisotopic (exact) mass is 256 g/mol. The first-order valence-electron chi connectivity index (χ1n) is 7.04. The molecule has 2 aromatic rings. The molecule has 0 saturated heterocycles. The van der Waals surface area contributed by atoms with E-state index in [4.69, 9.17) is 0 Å². The minimum Gasteiger partial charge on any atom is -0.325 e. The summed E-state index contributed by atoms with van der Waals surface area (Å²) < 4.78 is 0. The number of rotatable bonds is 3. The molecule has 1 aromatic carbocycles. The Morgan fingerprint density at radius 3 is 2.79 bits per heavy atom. The van der Waals surface area contributed by atoms with Crippen molar-refractivity contribution in [3.8, 4) is 0 Å². The van der Waals surface area contributed by atoms with Gasteiger partial charge in [-0.05, 0) is 42.3 Å². The minimum atomic E-state index is 0.0406. The molecule has 0 fully saturated rings. The number of hydrogen-bond acceptors (Lipinski definition) is 2. The zero-order valence-corrected chi connectivity index (χ0v) is 11.5. The summed E-state index contributed by atoms with van der Waals surface area (Å²) in [5.74, 6) is 0.637. The van der Waals surface area contributed by atoms with Gasteiger partial charge in [-0.25, -0.2) is 0 Å². The smallest absolute Gasteiger partial charge is 0.256 e. The van der Waals surface area contributed by atoms with Crippen molar-refractivity contribution in [2.24, 2.45) is 5.92 Å². The third kappa shape index (κ3) is 2.19. The van der Waals surface area contributed by atoms with Gasteiger partial charge in [0.05, 0.1) is 0 Å². The van der Waals surface area contributed by atoms with Gasteiger partial charge < -0.3 is 10.3 Å². The fourth-order valence-electron chi connectivity index (χ4n) is 2.96. The highest BCUT2D eigenvalue weighted by molar-refractivity contribution is 5.86. The molecule has 0 aliphatic heterocycles. The van der Waals surface area contributed by atoms with Gasteiger partial charge >= 0.3 is 0 Å². The van der Waals surface area contributed by atoms with Gasteiger partial charge in [-0.1, -0.05) is 32.0 Å². The second kappa shape index (κ2) is 4.82. The van der Waals surface area contributed by atoms with Crippen LogP contribution in [-0.4, -0.2) is 11.5 Å². The van der Waals surface area contributed by atoms with Crippen LogP contribution in [0.1, 0.15) is 37.6 Å². The second-order valence-electron chi connectivity index (χ2n) is 5.79. The number of hydrogen-bond donors (Lipinski definition) is 2. The molecule has 1 atom stereocenters. The van der Waals surface area contributed by atoms with Crippen molar-refractivity contribution in [2.75, 3.05) is 6.54 Å². The van der Waals surface area contributed by atoms with Crippen molar-refractivity contribution in [1.82, 2.24) is 10.3 Å². The molecule has 1 heterocycles. The van der Waals surface area contributed by atoms with Crippen molar-refractivity contribution < 1.29 is 0 Å². The molecule has 0 bridgehead atoms. The number of aromatic nitrogens is 1. The third-order valence-corrected chi connectivity index (χ3v) is 3.86. The predicted octanol–water partition coefficient (Wildman–Crippen LogP) is 2.76. The van der Waals surface area contributed by atoms with Gasteiger partial charge in [-0.3, -0.25) is 4.79 Å². The average Bonchev–Trinajstić information content (AvgIpc) is 2.80. The Morgan fingerprint density at radius 2 is 2.05 bits per heavy atom. The molecule has 1 aliphatic rings. The molecule has 1 unspecified atom stereocenters. The summed E-state index contributed by atoms with van der Waals surface area (Å²) in [6, 6.07) is 8.29. The Labute approximate surface area is 113 Å². The van der Waals surface area contributed by atoms with Crippen LogP contribution in [0, 0.1) is 5.92 Å². The molecule has 0 amide bonds. The lowest BCUT2D eigenvalue weighted by atomic mass is 10.0. The molecule has 1 aromatic heterocycles. The second-order valence-corrected chi connectivity index (χ2v) is 5.79. The quantitative estimate of drug-likeness (QED) is 0.887. The van der Waals surface area contributed by atoms with E-state index in [2.05, 4.69) is 30.2 Å². The number of pyridine rings is 1. The van der Waals surface area contributed by atoms with Gasteiger partial charge in [-0.15, -0.1) is 0 Å². The maximum absolute atomic E-state index is 12.0. The minimum absolute atomic E-state index is 0.0406. The highest BCUT2D eigenvalue weighted by Crippen LogP contribution is 2.34. The topological polar surface area (TPSA) is 44.9 Å². The number of nitrogens with one attached hydrogen (secondary N) is 2. The summed E-state index contributed by atoms with van der Waals surface area (Å²) >= 11 is 0. The molecule has 0 radical (unpaired) electrons. The van der Waals surface area contributed by atoms with E-state index in [9.17, 15) is 4.79 Å². The molecule has 19 heavy (non-hydrogen) atoms. The molecule has 3 heteroatoms. The normalized spacial score (nSPS) is 18.2. The highest BCUT2D eigenvalue weighted by atomic mass is 16.1. The van der Waals surface area contributed by atoms with Gasteiger partial charge in [0.2, 0.25) is 0 Å². The summed E-state index contributed by atoms with van der Waals surface area (Å²) in [6.07, 6.45) is 2.04. The number of H-pyrrole nitrogens is 1. The van der Waals surface area contributed by atoms with E-state index in [1.54, 1.807) is 0 Å². The molecule has 3 rings (SSSR count). The fourth-order valence-corrected chi connectivity index (χ4v) is 2.96. The average molecular weight is 256 g/mol. The maximum atomic E-state index is 12.0. The predicted molar refractivity (Wildman–Crippen MR) is 78.5 cm³/mol. The van der Waals surface area contributed by atoms with E-state index in [1.807, 2.05) is 18.2 Å². The lowest BCUT2D eigenvalue weighted by molar-refractivity contribution is 0.473. The molecule has 100 valence electrons. The van der Waals surface area contributed by atoms with Crippen molar-refractivity contribution in [3.63, 3.8) is 0 Å². The van der Waals surface area contributed by atoms with Gasteiger partial charge in [0.1, 0.15) is 0 Å². The summed E-state index contributed by atoms with van der Waals surface area (Å²) in [5.41, 5.74) is 2.46. The van der Waals surface area contributed by atoms with E-state index in [0.717, 1.165) is 35.9 Å². The van der Waals surface area contributed by atoms with E-state index < -0.39 is 0 Å². The van der Waals surface area contributed by atoms with Crippen molar-refractivity contribution in [3.05, 3.63) is 45.9 Å². The van der Waals surface area contributed by atoms with Gasteiger partial charge in [0.15, 0.2) is 0 Å². The fraction of sp³-hybridized carbons (Fsp3) is 0.438. The Hall–Kier alpha value is -1.61. The molecular weight excluding hydrogens is 236 g/mol. The van der Waals surface area contributed by atoms with Crippen LogP contribution in [0.3, 0.4) is 0 Å². The summed E-state index contributed by atoms with van der Waals surface area (Å²) in [4.78, 5) is 15.1. The van der Waals surface area contributed by atoms with Crippen LogP contribution in [0.2, 0.25) is 0 Å². The van der Waals surface area contributed by atoms with Crippen LogP contribution in [0.4, 0.5) is 0 Å². The van der Waals surface area contributed by atoms with Gasteiger partial charge in [0, 0.05) is 17.1 Å². The SMILES string of the molecule is CC(C)CNC1CCc2[nH]c(=O)c3ccccc3c21. The number of fused-ring (bicyclic) bond motifs is 3. The first-order valence-corrected chi connectivity index (χ1v) is 7.04. The van der Waals surface area contributed by atoms with Crippen LogP contribution in [-0.2, 0) is 6.42 Å². The first kappa shape index (κ1) is 12.4. The van der Waals surface area contributed by atoms with Crippen molar-refractivity contribution >= 4 is 10.8 Å². The molecule has 0 saturated carbocycles. The van der Waals surface area contributed by atoms with E-state index in [0.29, 0.717) is 12.0 Å². The maximum Gasteiger partial charge on any atom is 0.256 e. The Bertz CT molecular complexity index is 657. The van der Waals surface area contributed by atoms with Crippen LogP contribution in [0.5, 0.6) is 0 Å². The highest BCUT2D eigenvalue weighted by Gasteiger charge is 2.25. The van der Waals surface area contributed by atoms with Crippen LogP contribution in [0.25, 0.3) is 10.8 Å². The number of aromatic amines is 1. The van der Waals surface area contributed by atoms with Crippen LogP contribution in [0.15, 0.2) is 29.1 Å². The Kier molecular flexibility index (Phi) is 3.15. The third-order valence-electron chi connectivity index (χ3n) is 3.86. The zero-order valence-electron chi connectivity index (χ0n) is 11.5. The van der Waals surface area contributed by atoms with E-state index in [-0.39, 0.29) is 5.56 Å². The van der Waals surface area contributed by atoms with Crippen molar-refractivity contribution in [2.45, 2.75) is 32.7 Å². The standard InChI is InChI=1S/C16H20N2O/c1-10(2)9-17-13-7-8-14-15(13)11-5-3-4-6-12(11)16(19)18-14/h3-6,10,13,17H,7-9H2,1-2H3,(H,18,19). The molecular formula is C16H20N2O. The number of benzene rings is 1.